The summed E-state index contributed by atoms with van der Waals surface area (Å²) >= 11 is 1.92. The standard InChI is InChI=1S/C20H32S2/c1-3-5-7-9-16-22(17-10-8-6-4-2)18-12-14-20(22)19-13-11-15-21-19/h11-15,18H,3-10,16-17H2,1-2H3. The van der Waals surface area contributed by atoms with Crippen LogP contribution < -0.4 is 0 Å². The third kappa shape index (κ3) is 4.76. The van der Waals surface area contributed by atoms with E-state index in [-0.39, 0.29) is 0 Å². The monoisotopic (exact) mass is 336 g/mol. The molecule has 0 atom stereocenters. The zero-order chi connectivity index (χ0) is 15.7. The maximum Gasteiger partial charge on any atom is 0.0394 e. The molecule has 22 heavy (non-hydrogen) atoms. The maximum absolute atomic E-state index is 2.60. The van der Waals surface area contributed by atoms with E-state index in [1.54, 1.807) is 4.91 Å². The average Bonchev–Trinajstić information content (AvgIpc) is 3.18. The molecule has 0 unspecified atom stereocenters. The average molecular weight is 337 g/mol. The van der Waals surface area contributed by atoms with E-state index >= 15 is 0 Å². The largest absolute Gasteiger partial charge is 0.193 e. The molecule has 1 aromatic rings. The highest BCUT2D eigenvalue weighted by molar-refractivity contribution is 8.43. The summed E-state index contributed by atoms with van der Waals surface area (Å²) in [4.78, 5) is 3.20. The predicted molar refractivity (Wildman–Crippen MR) is 107 cm³/mol. The molecular formula is C20H32S2. The molecule has 0 radical (unpaired) electrons. The summed E-state index contributed by atoms with van der Waals surface area (Å²) in [5.74, 6) is 2.83. The van der Waals surface area contributed by atoms with Crippen molar-refractivity contribution in [1.82, 2.24) is 0 Å². The van der Waals surface area contributed by atoms with Crippen LogP contribution in [-0.2, 0) is 0 Å². The number of rotatable bonds is 11. The van der Waals surface area contributed by atoms with Crippen LogP contribution in [0.3, 0.4) is 0 Å². The van der Waals surface area contributed by atoms with Crippen molar-refractivity contribution in [3.63, 3.8) is 0 Å². The van der Waals surface area contributed by atoms with Gasteiger partial charge in [-0.2, -0.15) is 10.0 Å². The molecule has 1 aliphatic heterocycles. The third-order valence-electron chi connectivity index (χ3n) is 4.51. The summed E-state index contributed by atoms with van der Waals surface area (Å²) in [6.45, 7) is 4.61. The first-order chi connectivity index (χ1) is 10.8. The summed E-state index contributed by atoms with van der Waals surface area (Å²) in [5, 5.41) is 4.83. The highest BCUT2D eigenvalue weighted by atomic mass is 32.3. The van der Waals surface area contributed by atoms with E-state index in [0.29, 0.717) is 0 Å². The molecule has 0 nitrogen and oxygen atoms in total. The highest BCUT2D eigenvalue weighted by Crippen LogP contribution is 2.65. The van der Waals surface area contributed by atoms with Crippen LogP contribution in [0.5, 0.6) is 0 Å². The van der Waals surface area contributed by atoms with Gasteiger partial charge in [-0.3, -0.25) is 0 Å². The Balaban J connectivity index is 2.03. The van der Waals surface area contributed by atoms with E-state index in [9.17, 15) is 0 Å². The first-order valence-corrected chi connectivity index (χ1v) is 11.9. The molecule has 0 amide bonds. The van der Waals surface area contributed by atoms with Gasteiger partial charge in [0.2, 0.25) is 0 Å². The van der Waals surface area contributed by atoms with Gasteiger partial charge in [0, 0.05) is 9.78 Å². The van der Waals surface area contributed by atoms with Crippen LogP contribution in [0.15, 0.2) is 35.1 Å². The summed E-state index contributed by atoms with van der Waals surface area (Å²) in [7, 11) is -0.695. The minimum absolute atomic E-state index is 0.695. The fourth-order valence-corrected chi connectivity index (χ4v) is 8.20. The second-order valence-electron chi connectivity index (χ2n) is 6.31. The van der Waals surface area contributed by atoms with Gasteiger partial charge in [-0.05, 0) is 47.3 Å². The van der Waals surface area contributed by atoms with Crippen molar-refractivity contribution < 1.29 is 0 Å². The molecule has 124 valence electrons. The quantitative estimate of drug-likeness (QED) is 0.365. The highest BCUT2D eigenvalue weighted by Gasteiger charge is 2.29. The Hall–Kier alpha value is -0.470. The zero-order valence-corrected chi connectivity index (χ0v) is 16.0. The molecule has 2 heteroatoms. The van der Waals surface area contributed by atoms with Crippen LogP contribution in [0.1, 0.15) is 70.1 Å². The van der Waals surface area contributed by atoms with Gasteiger partial charge in [-0.1, -0.05) is 64.5 Å². The van der Waals surface area contributed by atoms with Gasteiger partial charge >= 0.3 is 0 Å². The molecule has 0 bridgehead atoms. The van der Waals surface area contributed by atoms with Crippen LogP contribution in [-0.4, -0.2) is 11.5 Å². The van der Waals surface area contributed by atoms with Crippen LogP contribution in [0.25, 0.3) is 4.91 Å². The normalized spacial score (nSPS) is 17.6. The molecule has 0 N–H and O–H groups in total. The van der Waals surface area contributed by atoms with Crippen molar-refractivity contribution in [2.24, 2.45) is 0 Å². The zero-order valence-electron chi connectivity index (χ0n) is 14.4. The van der Waals surface area contributed by atoms with E-state index in [2.05, 4.69) is 48.9 Å². The lowest BCUT2D eigenvalue weighted by molar-refractivity contribution is 0.698. The topological polar surface area (TPSA) is 0 Å². The molecule has 2 heterocycles. The molecule has 0 saturated heterocycles. The van der Waals surface area contributed by atoms with E-state index < -0.39 is 10.0 Å². The Morgan fingerprint density at radius 3 is 2.14 bits per heavy atom. The molecule has 1 aromatic heterocycles. The second kappa shape index (κ2) is 9.62. The minimum atomic E-state index is -0.695. The van der Waals surface area contributed by atoms with E-state index in [1.165, 1.54) is 67.7 Å². The van der Waals surface area contributed by atoms with Crippen molar-refractivity contribution in [3.8, 4) is 0 Å². The smallest absolute Gasteiger partial charge is 0.0394 e. The van der Waals surface area contributed by atoms with Crippen LogP contribution in [0.4, 0.5) is 0 Å². The molecule has 0 aliphatic carbocycles. The fourth-order valence-electron chi connectivity index (χ4n) is 3.22. The molecular weight excluding hydrogens is 304 g/mol. The van der Waals surface area contributed by atoms with Gasteiger partial charge < -0.3 is 0 Å². The lowest BCUT2D eigenvalue weighted by Gasteiger charge is -2.37. The lowest BCUT2D eigenvalue weighted by atomic mass is 10.2. The Labute approximate surface area is 143 Å². The predicted octanol–water partition coefficient (Wildman–Crippen LogP) is 7.58. The number of hydrogen-bond donors (Lipinski definition) is 0. The van der Waals surface area contributed by atoms with E-state index in [1.807, 2.05) is 11.3 Å². The van der Waals surface area contributed by atoms with Crippen molar-refractivity contribution in [3.05, 3.63) is 40.0 Å². The SMILES string of the molecule is CCCCCCS1(CCCCCC)C=CC=C1c1cccs1. The third-order valence-corrected chi connectivity index (χ3v) is 9.49. The van der Waals surface area contributed by atoms with Gasteiger partial charge in [0.05, 0.1) is 0 Å². The minimum Gasteiger partial charge on any atom is -0.193 e. The van der Waals surface area contributed by atoms with Crippen molar-refractivity contribution in [2.45, 2.75) is 65.2 Å². The van der Waals surface area contributed by atoms with Crippen LogP contribution in [0, 0.1) is 0 Å². The molecule has 0 saturated carbocycles. The maximum atomic E-state index is 2.60. The first-order valence-electron chi connectivity index (χ1n) is 9.03. The molecule has 0 fully saturated rings. The Morgan fingerprint density at radius 1 is 0.909 bits per heavy atom. The molecule has 2 rings (SSSR count). The number of hydrogen-bond acceptors (Lipinski definition) is 1. The summed E-state index contributed by atoms with van der Waals surface area (Å²) in [6, 6.07) is 4.53. The Kier molecular flexibility index (Phi) is 7.82. The summed E-state index contributed by atoms with van der Waals surface area (Å²) in [5.41, 5.74) is 0. The van der Waals surface area contributed by atoms with Gasteiger partial charge in [0.25, 0.3) is 0 Å². The van der Waals surface area contributed by atoms with Crippen molar-refractivity contribution in [1.29, 1.82) is 0 Å². The lowest BCUT2D eigenvalue weighted by Crippen LogP contribution is -2.08. The summed E-state index contributed by atoms with van der Waals surface area (Å²) in [6.07, 6.45) is 15.9. The number of thiophene rings is 1. The van der Waals surface area contributed by atoms with Crippen LogP contribution in [0.2, 0.25) is 0 Å². The molecule has 1 aliphatic rings. The van der Waals surface area contributed by atoms with E-state index in [0.717, 1.165) is 0 Å². The first kappa shape index (κ1) is 17.9. The van der Waals surface area contributed by atoms with Crippen LogP contribution >= 0.6 is 21.4 Å². The van der Waals surface area contributed by atoms with Crippen molar-refractivity contribution >= 4 is 26.3 Å². The van der Waals surface area contributed by atoms with Gasteiger partial charge in [-0.25, -0.2) is 0 Å². The summed E-state index contributed by atoms with van der Waals surface area (Å²) < 4.78 is 0. The Bertz CT molecular complexity index is 456. The molecule has 0 aromatic carbocycles. The fraction of sp³-hybridized carbons (Fsp3) is 0.600. The number of unbranched alkanes of at least 4 members (excludes halogenated alkanes) is 6. The van der Waals surface area contributed by atoms with Crippen molar-refractivity contribution in [2.75, 3.05) is 11.5 Å². The van der Waals surface area contributed by atoms with Gasteiger partial charge in [0.15, 0.2) is 0 Å². The second-order valence-corrected chi connectivity index (χ2v) is 10.7. The van der Waals surface area contributed by atoms with Gasteiger partial charge in [0.1, 0.15) is 0 Å². The molecule has 0 spiro atoms. The Morgan fingerprint density at radius 2 is 1.59 bits per heavy atom. The van der Waals surface area contributed by atoms with Gasteiger partial charge in [-0.15, -0.1) is 11.3 Å². The number of allylic oxidation sites excluding steroid dienone is 2. The van der Waals surface area contributed by atoms with E-state index in [4.69, 9.17) is 0 Å².